The second kappa shape index (κ2) is 7.57. The molecule has 2 heterocycles. The average Bonchev–Trinajstić information content (AvgIpc) is 2.74. The van der Waals surface area contributed by atoms with Crippen molar-refractivity contribution in [3.05, 3.63) is 81.1 Å². The SMILES string of the molecule is [C-]#[N+]c1cc(NC(=O)N(C)C2CNCc3[nH]c(=O)c4cc(F)ccc4c32)ccc1F. The van der Waals surface area contributed by atoms with Crippen LogP contribution in [0.1, 0.15) is 17.3 Å². The van der Waals surface area contributed by atoms with E-state index in [0.29, 0.717) is 24.2 Å². The van der Waals surface area contributed by atoms with E-state index >= 15 is 0 Å². The molecule has 3 N–H and O–H groups in total. The minimum Gasteiger partial charge on any atom is -0.324 e. The smallest absolute Gasteiger partial charge is 0.322 e. The number of amides is 2. The first-order valence-corrected chi connectivity index (χ1v) is 9.15. The van der Waals surface area contributed by atoms with Crippen LogP contribution < -0.4 is 16.2 Å². The molecule has 1 aliphatic rings. The van der Waals surface area contributed by atoms with Crippen molar-refractivity contribution >= 4 is 28.2 Å². The maximum absolute atomic E-state index is 13.7. The van der Waals surface area contributed by atoms with Crippen LogP contribution in [0.25, 0.3) is 15.6 Å². The fourth-order valence-electron chi connectivity index (χ4n) is 3.69. The van der Waals surface area contributed by atoms with Crippen LogP contribution in [0.3, 0.4) is 0 Å². The summed E-state index contributed by atoms with van der Waals surface area (Å²) < 4.78 is 27.2. The van der Waals surface area contributed by atoms with Gasteiger partial charge in [-0.1, -0.05) is 6.07 Å². The lowest BCUT2D eigenvalue weighted by Crippen LogP contribution is -2.43. The minimum absolute atomic E-state index is 0.189. The molecule has 9 heteroatoms. The predicted molar refractivity (Wildman–Crippen MR) is 108 cm³/mol. The Morgan fingerprint density at radius 3 is 2.80 bits per heavy atom. The number of aromatic nitrogens is 1. The topological polar surface area (TPSA) is 81.6 Å². The summed E-state index contributed by atoms with van der Waals surface area (Å²) in [5.41, 5.74) is 1.08. The standard InChI is InChI=1S/C21H17F2N5O2/c1-24-16-8-12(4-6-15(16)23)26-21(30)28(2)18-10-25-9-17-19(18)13-5-3-11(22)7-14(13)20(29)27-17/h3-8,18,25H,9-10H2,2H3,(H,26,30)(H,27,29). The number of hydrogen-bond donors (Lipinski definition) is 3. The highest BCUT2D eigenvalue weighted by molar-refractivity contribution is 5.91. The number of rotatable bonds is 2. The van der Waals surface area contributed by atoms with E-state index in [1.807, 2.05) is 0 Å². The van der Waals surface area contributed by atoms with Crippen molar-refractivity contribution in [2.45, 2.75) is 12.6 Å². The minimum atomic E-state index is -0.663. The zero-order valence-corrected chi connectivity index (χ0v) is 15.9. The molecule has 30 heavy (non-hydrogen) atoms. The first-order valence-electron chi connectivity index (χ1n) is 9.15. The molecule has 1 unspecified atom stereocenters. The molecule has 2 amide bonds. The van der Waals surface area contributed by atoms with Crippen LogP contribution in [0.5, 0.6) is 0 Å². The second-order valence-corrected chi connectivity index (χ2v) is 7.00. The Morgan fingerprint density at radius 1 is 1.23 bits per heavy atom. The number of carbonyl (C=O) groups is 1. The molecule has 2 aromatic carbocycles. The van der Waals surface area contributed by atoms with Gasteiger partial charge in [0.1, 0.15) is 11.6 Å². The number of anilines is 1. The summed E-state index contributed by atoms with van der Waals surface area (Å²) in [6.07, 6.45) is 0. The number of halogens is 2. The third-order valence-electron chi connectivity index (χ3n) is 5.18. The number of hydrogen-bond acceptors (Lipinski definition) is 3. The summed E-state index contributed by atoms with van der Waals surface area (Å²) in [5, 5.41) is 6.62. The number of likely N-dealkylation sites (N-methyl/N-ethyl adjacent to an activating group) is 1. The summed E-state index contributed by atoms with van der Waals surface area (Å²) >= 11 is 0. The number of carbonyl (C=O) groups excluding carboxylic acids is 1. The molecule has 0 aliphatic carbocycles. The van der Waals surface area contributed by atoms with Crippen LogP contribution in [0, 0.1) is 18.2 Å². The normalized spacial score (nSPS) is 15.3. The third-order valence-corrected chi connectivity index (χ3v) is 5.18. The molecule has 4 rings (SSSR count). The van der Waals surface area contributed by atoms with Gasteiger partial charge in [0.15, 0.2) is 0 Å². The molecule has 0 saturated heterocycles. The van der Waals surface area contributed by atoms with Crippen LogP contribution in [0.4, 0.5) is 25.0 Å². The third kappa shape index (κ3) is 3.38. The Kier molecular flexibility index (Phi) is 4.93. The molecule has 0 radical (unpaired) electrons. The number of pyridine rings is 1. The number of aromatic amines is 1. The van der Waals surface area contributed by atoms with Gasteiger partial charge >= 0.3 is 6.03 Å². The summed E-state index contributed by atoms with van der Waals surface area (Å²) in [4.78, 5) is 32.5. The molecule has 1 aliphatic heterocycles. The largest absolute Gasteiger partial charge is 0.324 e. The lowest BCUT2D eigenvalue weighted by atomic mass is 9.94. The van der Waals surface area contributed by atoms with Gasteiger partial charge in [0, 0.05) is 37.1 Å². The zero-order valence-electron chi connectivity index (χ0n) is 15.9. The Hall–Kier alpha value is -3.77. The van der Waals surface area contributed by atoms with Crippen molar-refractivity contribution in [1.29, 1.82) is 0 Å². The molecule has 152 valence electrons. The first-order chi connectivity index (χ1) is 14.4. The number of fused-ring (bicyclic) bond motifs is 3. The predicted octanol–water partition coefficient (Wildman–Crippen LogP) is 3.67. The summed E-state index contributed by atoms with van der Waals surface area (Å²) in [6.45, 7) is 7.83. The van der Waals surface area contributed by atoms with Crippen molar-refractivity contribution in [1.82, 2.24) is 15.2 Å². The Balaban J connectivity index is 1.70. The van der Waals surface area contributed by atoms with Gasteiger partial charge in [-0.2, -0.15) is 0 Å². The van der Waals surface area contributed by atoms with Crippen molar-refractivity contribution in [2.24, 2.45) is 0 Å². The molecule has 1 aromatic heterocycles. The fourth-order valence-corrected chi connectivity index (χ4v) is 3.69. The summed E-state index contributed by atoms with van der Waals surface area (Å²) in [5.74, 6) is -1.18. The fraction of sp³-hybridized carbons (Fsp3) is 0.190. The van der Waals surface area contributed by atoms with Crippen LogP contribution >= 0.6 is 0 Å². The van der Waals surface area contributed by atoms with E-state index in [1.54, 1.807) is 13.1 Å². The summed E-state index contributed by atoms with van der Waals surface area (Å²) in [6, 6.07) is 6.84. The Labute approximate surface area is 170 Å². The van der Waals surface area contributed by atoms with Crippen LogP contribution in [-0.4, -0.2) is 29.5 Å². The highest BCUT2D eigenvalue weighted by Gasteiger charge is 2.30. The van der Waals surface area contributed by atoms with E-state index in [0.717, 1.165) is 11.6 Å². The van der Waals surface area contributed by atoms with Gasteiger partial charge < -0.3 is 20.5 Å². The van der Waals surface area contributed by atoms with Crippen LogP contribution in [0.2, 0.25) is 0 Å². The van der Waals surface area contributed by atoms with E-state index in [1.165, 1.54) is 29.2 Å². The van der Waals surface area contributed by atoms with Gasteiger partial charge in [-0.05, 0) is 35.7 Å². The van der Waals surface area contributed by atoms with E-state index in [4.69, 9.17) is 6.57 Å². The van der Waals surface area contributed by atoms with Crippen molar-refractivity contribution in [3.8, 4) is 0 Å². The molecule has 1 atom stereocenters. The number of nitrogens with zero attached hydrogens (tertiary/aromatic N) is 2. The van der Waals surface area contributed by atoms with E-state index in [9.17, 15) is 18.4 Å². The second-order valence-electron chi connectivity index (χ2n) is 7.00. The summed E-state index contributed by atoms with van der Waals surface area (Å²) in [7, 11) is 1.59. The monoisotopic (exact) mass is 409 g/mol. The quantitative estimate of drug-likeness (QED) is 0.565. The lowest BCUT2D eigenvalue weighted by molar-refractivity contribution is 0.200. The number of nitrogens with one attached hydrogen (secondary N) is 3. The van der Waals surface area contributed by atoms with Gasteiger partial charge in [0.25, 0.3) is 5.56 Å². The van der Waals surface area contributed by atoms with Gasteiger partial charge in [0.05, 0.1) is 18.0 Å². The maximum atomic E-state index is 13.7. The van der Waals surface area contributed by atoms with Crippen molar-refractivity contribution < 1.29 is 13.6 Å². The molecular formula is C21H17F2N5O2. The molecule has 0 bridgehead atoms. The number of urea groups is 1. The lowest BCUT2D eigenvalue weighted by Gasteiger charge is -2.34. The van der Waals surface area contributed by atoms with Gasteiger partial charge in [0.2, 0.25) is 5.69 Å². The van der Waals surface area contributed by atoms with Crippen LogP contribution in [-0.2, 0) is 6.54 Å². The molecular weight excluding hydrogens is 392 g/mol. The Morgan fingerprint density at radius 2 is 2.03 bits per heavy atom. The van der Waals surface area contributed by atoms with Gasteiger partial charge in [-0.25, -0.2) is 18.4 Å². The van der Waals surface area contributed by atoms with E-state index in [2.05, 4.69) is 20.5 Å². The van der Waals surface area contributed by atoms with Crippen LogP contribution in [0.15, 0.2) is 41.2 Å². The van der Waals surface area contributed by atoms with Gasteiger partial charge in [-0.15, -0.1) is 0 Å². The first kappa shape index (κ1) is 19.5. The van der Waals surface area contributed by atoms with Crippen molar-refractivity contribution in [2.75, 3.05) is 18.9 Å². The van der Waals surface area contributed by atoms with Gasteiger partial charge in [-0.3, -0.25) is 4.79 Å². The number of benzene rings is 2. The van der Waals surface area contributed by atoms with E-state index < -0.39 is 29.3 Å². The van der Waals surface area contributed by atoms with E-state index in [-0.39, 0.29) is 16.8 Å². The highest BCUT2D eigenvalue weighted by atomic mass is 19.1. The molecule has 7 nitrogen and oxygen atoms in total. The Bertz CT molecular complexity index is 1260. The molecule has 0 saturated carbocycles. The maximum Gasteiger partial charge on any atom is 0.322 e. The zero-order chi connectivity index (χ0) is 21.4. The average molecular weight is 409 g/mol. The molecule has 3 aromatic rings. The highest BCUT2D eigenvalue weighted by Crippen LogP contribution is 2.32. The molecule has 0 spiro atoms. The van der Waals surface area contributed by atoms with Crippen molar-refractivity contribution in [3.63, 3.8) is 0 Å². The number of H-pyrrole nitrogens is 1. The molecule has 0 fully saturated rings.